The lowest BCUT2D eigenvalue weighted by molar-refractivity contribution is 1.24. The third-order valence-electron chi connectivity index (χ3n) is 2.36. The van der Waals surface area contributed by atoms with Gasteiger partial charge < -0.3 is 0 Å². The van der Waals surface area contributed by atoms with Gasteiger partial charge in [0.15, 0.2) is 0 Å². The summed E-state index contributed by atoms with van der Waals surface area (Å²) < 4.78 is 0. The molecule has 0 saturated heterocycles. The van der Waals surface area contributed by atoms with Gasteiger partial charge in [-0.3, -0.25) is 4.98 Å². The molecule has 1 nitrogen and oxygen atoms in total. The number of hydrogen-bond donors (Lipinski definition) is 1. The van der Waals surface area contributed by atoms with Crippen LogP contribution in [-0.2, 0) is 0 Å². The third-order valence-corrected chi connectivity index (χ3v) is 4.83. The molecule has 0 aliphatic rings. The molecule has 0 aliphatic carbocycles. The molecule has 0 amide bonds. The average molecular weight is 217 g/mol. The number of benzene rings is 1. The molecule has 1 aromatic heterocycles. The lowest BCUT2D eigenvalue weighted by Crippen LogP contribution is -1.88. The van der Waals surface area contributed by atoms with Crippen LogP contribution in [0.3, 0.4) is 0 Å². The minimum atomic E-state index is -0.189. The van der Waals surface area contributed by atoms with Crippen molar-refractivity contribution in [1.82, 2.24) is 4.98 Å². The van der Waals surface area contributed by atoms with Crippen molar-refractivity contribution < 1.29 is 0 Å². The fourth-order valence-corrected chi connectivity index (χ4v) is 3.70. The predicted octanol–water partition coefficient (Wildman–Crippen LogP) is 3.52. The van der Waals surface area contributed by atoms with Crippen LogP contribution in [0.1, 0.15) is 6.92 Å². The molecule has 2 heteroatoms. The van der Waals surface area contributed by atoms with Gasteiger partial charge in [0.05, 0.1) is 0 Å². The molecule has 0 bridgehead atoms. The van der Waals surface area contributed by atoms with E-state index in [2.05, 4.69) is 54.4 Å². The summed E-state index contributed by atoms with van der Waals surface area (Å²) in [7, 11) is -0.189. The molecule has 0 spiro atoms. The largest absolute Gasteiger partial charge is 0.265 e. The molecule has 0 N–H and O–H groups in total. The standard InChI is InChI=1S/C13H15NS/c1-2-15(12-6-4-3-5-7-12)13-8-10-14-11-9-13/h3-11,15H,2H2,1H3. The molecule has 78 valence electrons. The van der Waals surface area contributed by atoms with Crippen LogP contribution < -0.4 is 0 Å². The second kappa shape index (κ2) is 4.99. The topological polar surface area (TPSA) is 12.9 Å². The molecule has 2 rings (SSSR count). The van der Waals surface area contributed by atoms with Gasteiger partial charge in [0.25, 0.3) is 0 Å². The van der Waals surface area contributed by atoms with Crippen molar-refractivity contribution in [1.29, 1.82) is 0 Å². The maximum Gasteiger partial charge on any atom is 0.0278 e. The SMILES string of the molecule is CC[SH](c1ccccc1)c1ccncc1. The zero-order chi connectivity index (χ0) is 10.5. The molecule has 0 aliphatic heterocycles. The molecule has 1 aromatic carbocycles. The number of rotatable bonds is 3. The van der Waals surface area contributed by atoms with E-state index in [0.717, 1.165) is 0 Å². The molecule has 1 heterocycles. The Bertz CT molecular complexity index is 360. The summed E-state index contributed by atoms with van der Waals surface area (Å²) in [5.74, 6) is 1.18. The molecule has 0 saturated carbocycles. The summed E-state index contributed by atoms with van der Waals surface area (Å²) in [5, 5.41) is 0. The Kier molecular flexibility index (Phi) is 3.41. The molecule has 1 unspecified atom stereocenters. The summed E-state index contributed by atoms with van der Waals surface area (Å²) in [6.07, 6.45) is 3.76. The van der Waals surface area contributed by atoms with Crippen molar-refractivity contribution in [2.75, 3.05) is 5.75 Å². The van der Waals surface area contributed by atoms with Gasteiger partial charge in [-0.1, -0.05) is 37.3 Å². The van der Waals surface area contributed by atoms with Crippen LogP contribution in [0.15, 0.2) is 64.6 Å². The second-order valence-corrected chi connectivity index (χ2v) is 5.81. The number of thiol groups is 1. The lowest BCUT2D eigenvalue weighted by Gasteiger charge is -2.20. The Morgan fingerprint density at radius 1 is 0.933 bits per heavy atom. The van der Waals surface area contributed by atoms with Crippen LogP contribution in [-0.4, -0.2) is 10.7 Å². The van der Waals surface area contributed by atoms with Crippen LogP contribution in [0.5, 0.6) is 0 Å². The minimum Gasteiger partial charge on any atom is -0.265 e. The van der Waals surface area contributed by atoms with E-state index < -0.39 is 0 Å². The van der Waals surface area contributed by atoms with Crippen molar-refractivity contribution in [3.05, 3.63) is 54.9 Å². The van der Waals surface area contributed by atoms with E-state index in [4.69, 9.17) is 0 Å². The molecular formula is C13H15NS. The Morgan fingerprint density at radius 3 is 2.13 bits per heavy atom. The van der Waals surface area contributed by atoms with E-state index in [1.807, 2.05) is 12.4 Å². The monoisotopic (exact) mass is 217 g/mol. The number of hydrogen-bond acceptors (Lipinski definition) is 1. The van der Waals surface area contributed by atoms with E-state index in [-0.39, 0.29) is 10.9 Å². The first-order valence-electron chi connectivity index (χ1n) is 5.14. The first-order valence-corrected chi connectivity index (χ1v) is 6.67. The van der Waals surface area contributed by atoms with E-state index in [1.54, 1.807) is 0 Å². The summed E-state index contributed by atoms with van der Waals surface area (Å²) in [4.78, 5) is 6.92. The second-order valence-electron chi connectivity index (χ2n) is 3.29. The highest BCUT2D eigenvalue weighted by molar-refractivity contribution is 8.17. The summed E-state index contributed by atoms with van der Waals surface area (Å²) in [6, 6.07) is 15.0. The van der Waals surface area contributed by atoms with Crippen LogP contribution >= 0.6 is 10.9 Å². The quantitative estimate of drug-likeness (QED) is 0.776. The van der Waals surface area contributed by atoms with E-state index >= 15 is 0 Å². The van der Waals surface area contributed by atoms with E-state index in [0.29, 0.717) is 0 Å². The number of nitrogens with zero attached hydrogens (tertiary/aromatic N) is 1. The lowest BCUT2D eigenvalue weighted by atomic mass is 10.4. The van der Waals surface area contributed by atoms with Gasteiger partial charge in [-0.2, -0.15) is 0 Å². The Balaban J connectivity index is 2.34. The van der Waals surface area contributed by atoms with Gasteiger partial charge in [-0.15, -0.1) is 0 Å². The summed E-state index contributed by atoms with van der Waals surface area (Å²) >= 11 is 0. The molecule has 0 fully saturated rings. The predicted molar refractivity (Wildman–Crippen MR) is 66.7 cm³/mol. The molecule has 1 atom stereocenters. The molecule has 0 radical (unpaired) electrons. The van der Waals surface area contributed by atoms with Crippen LogP contribution in [0.4, 0.5) is 0 Å². The fourth-order valence-electron chi connectivity index (χ4n) is 1.65. The Morgan fingerprint density at radius 2 is 1.53 bits per heavy atom. The van der Waals surface area contributed by atoms with Crippen molar-refractivity contribution in [3.63, 3.8) is 0 Å². The highest BCUT2D eigenvalue weighted by atomic mass is 32.2. The van der Waals surface area contributed by atoms with Gasteiger partial charge in [-0.05, 0) is 27.7 Å². The summed E-state index contributed by atoms with van der Waals surface area (Å²) in [5.41, 5.74) is 0. The van der Waals surface area contributed by atoms with Crippen molar-refractivity contribution in [2.45, 2.75) is 16.7 Å². The van der Waals surface area contributed by atoms with Crippen LogP contribution in [0.25, 0.3) is 0 Å². The molecule has 2 aromatic rings. The van der Waals surface area contributed by atoms with E-state index in [1.165, 1.54) is 15.5 Å². The molecule has 15 heavy (non-hydrogen) atoms. The van der Waals surface area contributed by atoms with Crippen molar-refractivity contribution in [2.24, 2.45) is 0 Å². The van der Waals surface area contributed by atoms with Crippen molar-refractivity contribution >= 4 is 10.9 Å². The number of pyridine rings is 1. The minimum absolute atomic E-state index is 0.189. The Hall–Kier alpha value is -1.28. The number of aromatic nitrogens is 1. The normalized spacial score (nSPS) is 13.5. The zero-order valence-electron chi connectivity index (χ0n) is 8.80. The van der Waals surface area contributed by atoms with Gasteiger partial charge in [0.1, 0.15) is 0 Å². The highest BCUT2D eigenvalue weighted by Crippen LogP contribution is 2.43. The maximum absolute atomic E-state index is 4.07. The van der Waals surface area contributed by atoms with Gasteiger partial charge >= 0.3 is 0 Å². The molecular weight excluding hydrogens is 202 g/mol. The maximum atomic E-state index is 4.07. The fraction of sp³-hybridized carbons (Fsp3) is 0.154. The smallest absolute Gasteiger partial charge is 0.0278 e. The summed E-state index contributed by atoms with van der Waals surface area (Å²) in [6.45, 7) is 2.25. The average Bonchev–Trinajstić information content (AvgIpc) is 2.33. The van der Waals surface area contributed by atoms with Crippen LogP contribution in [0, 0.1) is 0 Å². The Labute approximate surface area is 93.5 Å². The third kappa shape index (κ3) is 2.39. The van der Waals surface area contributed by atoms with Gasteiger partial charge in [0.2, 0.25) is 0 Å². The van der Waals surface area contributed by atoms with Crippen molar-refractivity contribution in [3.8, 4) is 0 Å². The van der Waals surface area contributed by atoms with E-state index in [9.17, 15) is 0 Å². The van der Waals surface area contributed by atoms with Gasteiger partial charge in [-0.25, -0.2) is 10.9 Å². The van der Waals surface area contributed by atoms with Crippen LogP contribution in [0.2, 0.25) is 0 Å². The first-order chi connectivity index (χ1) is 7.42. The highest BCUT2D eigenvalue weighted by Gasteiger charge is 2.05. The first kappa shape index (κ1) is 10.2. The van der Waals surface area contributed by atoms with Gasteiger partial charge in [0, 0.05) is 12.4 Å². The zero-order valence-corrected chi connectivity index (χ0v) is 9.69.